The van der Waals surface area contributed by atoms with Crippen molar-refractivity contribution in [3.05, 3.63) is 59.3 Å². The number of carboxylic acid groups (broad SMARTS) is 1. The number of aliphatic carboxylic acids is 1. The third-order valence-corrected chi connectivity index (χ3v) is 9.10. The van der Waals surface area contributed by atoms with Gasteiger partial charge in [-0.1, -0.05) is 31.2 Å². The van der Waals surface area contributed by atoms with E-state index in [1.54, 1.807) is 29.2 Å². The zero-order chi connectivity index (χ0) is 24.0. The highest BCUT2D eigenvalue weighted by Gasteiger charge is 2.59. The molecule has 2 aliphatic rings. The van der Waals surface area contributed by atoms with Gasteiger partial charge in [-0.15, -0.1) is 0 Å². The fourth-order valence-electron chi connectivity index (χ4n) is 4.82. The molecule has 7 nitrogen and oxygen atoms in total. The van der Waals surface area contributed by atoms with Gasteiger partial charge in [-0.05, 0) is 42.5 Å². The summed E-state index contributed by atoms with van der Waals surface area (Å²) in [7, 11) is -4.27. The lowest BCUT2D eigenvalue weighted by atomic mass is 10.0. The quantitative estimate of drug-likeness (QED) is 0.702. The van der Waals surface area contributed by atoms with Gasteiger partial charge in [0.2, 0.25) is 14.8 Å². The van der Waals surface area contributed by atoms with Crippen LogP contribution in [0.4, 0.5) is 19.0 Å². The van der Waals surface area contributed by atoms with Gasteiger partial charge in [-0.2, -0.15) is 17.5 Å². The highest BCUT2D eigenvalue weighted by molar-refractivity contribution is 7.90. The number of fused-ring (bicyclic) bond motifs is 1. The Morgan fingerprint density at radius 3 is 2.55 bits per heavy atom. The van der Waals surface area contributed by atoms with E-state index in [2.05, 4.69) is 4.98 Å². The first-order valence-electron chi connectivity index (χ1n) is 10.6. The number of anilines is 1. The fourth-order valence-corrected chi connectivity index (χ4v) is 7.01. The Hall–Kier alpha value is -2.66. The standard InChI is InChI=1S/C22H24F3N3O4S/c1-2-17-14-27(11-12-28(17)19-8-7-16(13-26-19)22(23,24)25)33(31,32)21(20(29)30)10-9-15-5-3-4-6-18(15)21/h3-8,13,17H,2,9-12,14H2,1H3,(H,29,30). The van der Waals surface area contributed by atoms with Gasteiger partial charge in [-0.3, -0.25) is 4.79 Å². The second-order valence-electron chi connectivity index (χ2n) is 8.31. The Morgan fingerprint density at radius 2 is 1.94 bits per heavy atom. The Labute approximate surface area is 189 Å². The molecule has 0 bridgehead atoms. The van der Waals surface area contributed by atoms with Gasteiger partial charge >= 0.3 is 12.1 Å². The number of hydrogen-bond acceptors (Lipinski definition) is 5. The predicted octanol–water partition coefficient (Wildman–Crippen LogP) is 3.26. The molecule has 1 aliphatic heterocycles. The first-order valence-corrected chi connectivity index (χ1v) is 12.1. The number of aromatic nitrogens is 1. The molecule has 1 fully saturated rings. The van der Waals surface area contributed by atoms with E-state index >= 15 is 0 Å². The van der Waals surface area contributed by atoms with Gasteiger partial charge in [0.05, 0.1) is 5.56 Å². The number of sulfonamides is 1. The molecule has 2 unspecified atom stereocenters. The Kier molecular flexibility index (Phi) is 5.90. The second-order valence-corrected chi connectivity index (χ2v) is 10.5. The van der Waals surface area contributed by atoms with E-state index in [-0.39, 0.29) is 32.1 Å². The van der Waals surface area contributed by atoms with Crippen LogP contribution < -0.4 is 4.90 Å². The number of rotatable bonds is 5. The van der Waals surface area contributed by atoms with Crippen molar-refractivity contribution < 1.29 is 31.5 Å². The van der Waals surface area contributed by atoms with Gasteiger partial charge in [0.25, 0.3) is 0 Å². The van der Waals surface area contributed by atoms with E-state index in [1.807, 2.05) is 6.92 Å². The lowest BCUT2D eigenvalue weighted by molar-refractivity contribution is -0.140. The normalized spacial score (nSPS) is 24.0. The van der Waals surface area contributed by atoms with Gasteiger partial charge in [0.15, 0.2) is 0 Å². The van der Waals surface area contributed by atoms with E-state index in [0.717, 1.165) is 12.3 Å². The number of hydrogen-bond donors (Lipinski definition) is 1. The largest absolute Gasteiger partial charge is 0.480 e. The molecule has 1 aliphatic carbocycles. The van der Waals surface area contributed by atoms with Gasteiger partial charge < -0.3 is 10.0 Å². The first-order chi connectivity index (χ1) is 15.5. The van der Waals surface area contributed by atoms with Crippen LogP contribution in [0.1, 0.15) is 36.5 Å². The summed E-state index contributed by atoms with van der Waals surface area (Å²) in [5.41, 5.74) is 0.157. The summed E-state index contributed by atoms with van der Waals surface area (Å²) >= 11 is 0. The third-order valence-electron chi connectivity index (χ3n) is 6.61. The smallest absolute Gasteiger partial charge is 0.417 e. The summed E-state index contributed by atoms with van der Waals surface area (Å²) in [5.74, 6) is -1.07. The van der Waals surface area contributed by atoms with E-state index in [1.165, 1.54) is 10.4 Å². The van der Waals surface area contributed by atoms with Crippen molar-refractivity contribution in [2.75, 3.05) is 24.5 Å². The highest BCUT2D eigenvalue weighted by Crippen LogP contribution is 2.45. The molecular weight excluding hydrogens is 459 g/mol. The Balaban J connectivity index is 1.63. The maximum Gasteiger partial charge on any atom is 0.417 e. The number of carboxylic acids is 1. The molecule has 1 aromatic carbocycles. The van der Waals surface area contributed by atoms with Crippen LogP contribution in [0.25, 0.3) is 0 Å². The van der Waals surface area contributed by atoms with Crippen molar-refractivity contribution in [1.82, 2.24) is 9.29 Å². The maximum absolute atomic E-state index is 13.8. The minimum Gasteiger partial charge on any atom is -0.480 e. The Morgan fingerprint density at radius 1 is 1.21 bits per heavy atom. The van der Waals surface area contributed by atoms with Crippen LogP contribution in [-0.2, 0) is 32.2 Å². The Bertz CT molecular complexity index is 1150. The maximum atomic E-state index is 13.8. The van der Waals surface area contributed by atoms with Crippen LogP contribution >= 0.6 is 0 Å². The zero-order valence-electron chi connectivity index (χ0n) is 17.9. The van der Waals surface area contributed by atoms with E-state index in [4.69, 9.17) is 0 Å². The molecule has 33 heavy (non-hydrogen) atoms. The number of aryl methyl sites for hydroxylation is 1. The lowest BCUT2D eigenvalue weighted by Gasteiger charge is -2.43. The fraction of sp³-hybridized carbons (Fsp3) is 0.455. The molecule has 1 aromatic heterocycles. The summed E-state index contributed by atoms with van der Waals surface area (Å²) in [5, 5.41) is 10.1. The van der Waals surface area contributed by atoms with Crippen LogP contribution in [0, 0.1) is 0 Å². The minimum absolute atomic E-state index is 0.0126. The van der Waals surface area contributed by atoms with E-state index < -0.39 is 32.5 Å². The summed E-state index contributed by atoms with van der Waals surface area (Å²) in [6.45, 7) is 2.07. The molecule has 2 heterocycles. The van der Waals surface area contributed by atoms with Crippen LogP contribution in [0.3, 0.4) is 0 Å². The van der Waals surface area contributed by atoms with Crippen LogP contribution in [0.2, 0.25) is 0 Å². The first kappa shape index (κ1) is 23.5. The molecular formula is C22H24F3N3O4S. The molecule has 1 N–H and O–H groups in total. The number of alkyl halides is 3. The van der Waals surface area contributed by atoms with E-state index in [0.29, 0.717) is 29.8 Å². The molecule has 0 radical (unpaired) electrons. The van der Waals surface area contributed by atoms with Gasteiger partial charge in [0.1, 0.15) is 5.82 Å². The highest BCUT2D eigenvalue weighted by atomic mass is 32.2. The number of halogens is 3. The van der Waals surface area contributed by atoms with Crippen molar-refractivity contribution in [2.45, 2.75) is 43.2 Å². The monoisotopic (exact) mass is 483 g/mol. The molecule has 11 heteroatoms. The molecule has 2 aromatic rings. The predicted molar refractivity (Wildman–Crippen MR) is 115 cm³/mol. The molecule has 0 saturated carbocycles. The number of benzene rings is 1. The SMILES string of the molecule is CCC1CN(S(=O)(=O)C2(C(=O)O)CCc3ccccc32)CCN1c1ccc(C(F)(F)F)cn1. The minimum atomic E-state index is -4.49. The van der Waals surface area contributed by atoms with Crippen LogP contribution in [-0.4, -0.2) is 54.5 Å². The van der Waals surface area contributed by atoms with Crippen molar-refractivity contribution in [3.63, 3.8) is 0 Å². The molecule has 0 amide bonds. The van der Waals surface area contributed by atoms with Crippen molar-refractivity contribution >= 4 is 21.8 Å². The summed E-state index contributed by atoms with van der Waals surface area (Å²) in [6.07, 6.45) is -2.91. The van der Waals surface area contributed by atoms with Crippen LogP contribution in [0.15, 0.2) is 42.6 Å². The van der Waals surface area contributed by atoms with Crippen LogP contribution in [0.5, 0.6) is 0 Å². The number of nitrogens with zero attached hydrogens (tertiary/aromatic N) is 3. The van der Waals surface area contributed by atoms with Crippen molar-refractivity contribution in [1.29, 1.82) is 0 Å². The summed E-state index contributed by atoms with van der Waals surface area (Å²) < 4.78 is 65.3. The van der Waals surface area contributed by atoms with Gasteiger partial charge in [0, 0.05) is 31.9 Å². The summed E-state index contributed by atoms with van der Waals surface area (Å²) in [4.78, 5) is 18.1. The average Bonchev–Trinajstić information content (AvgIpc) is 3.19. The van der Waals surface area contributed by atoms with Gasteiger partial charge in [-0.25, -0.2) is 13.4 Å². The van der Waals surface area contributed by atoms with Crippen molar-refractivity contribution in [3.8, 4) is 0 Å². The number of carbonyl (C=O) groups is 1. The third kappa shape index (κ3) is 3.76. The van der Waals surface area contributed by atoms with Crippen molar-refractivity contribution in [2.24, 2.45) is 0 Å². The molecule has 178 valence electrons. The zero-order valence-corrected chi connectivity index (χ0v) is 18.7. The molecule has 0 spiro atoms. The number of piperazine rings is 1. The summed E-state index contributed by atoms with van der Waals surface area (Å²) in [6, 6.07) is 8.58. The number of pyridine rings is 1. The molecule has 2 atom stereocenters. The van der Waals surface area contributed by atoms with E-state index in [9.17, 15) is 31.5 Å². The average molecular weight is 484 g/mol. The second kappa shape index (κ2) is 8.28. The lowest BCUT2D eigenvalue weighted by Crippen LogP contribution is -2.59. The topological polar surface area (TPSA) is 90.8 Å². The molecule has 4 rings (SSSR count). The molecule has 1 saturated heterocycles.